The number of nitrogens with one attached hydrogen (secondary N) is 1. The van der Waals surface area contributed by atoms with E-state index >= 15 is 0 Å². The molecule has 1 nitrogen and oxygen atoms in total. The summed E-state index contributed by atoms with van der Waals surface area (Å²) in [5.41, 5.74) is 0. The molecule has 1 heteroatoms. The monoisotopic (exact) mass is 311 g/mol. The number of rotatable bonds is 14. The van der Waals surface area contributed by atoms with Crippen LogP contribution in [0.5, 0.6) is 0 Å². The molecule has 0 radical (unpaired) electrons. The van der Waals surface area contributed by atoms with Crippen LogP contribution in [-0.2, 0) is 0 Å². The Morgan fingerprint density at radius 2 is 1.41 bits per heavy atom. The van der Waals surface area contributed by atoms with Crippen molar-refractivity contribution in [2.45, 2.75) is 93.4 Å². The number of hydrogen-bond donors (Lipinski definition) is 1. The molecule has 0 bridgehead atoms. The molecular formula is C21H45N. The Hall–Kier alpha value is -0.0400. The highest BCUT2D eigenvalue weighted by molar-refractivity contribution is 4.70. The maximum absolute atomic E-state index is 3.71. The lowest BCUT2D eigenvalue weighted by atomic mass is 9.84. The Bertz CT molecular complexity index is 226. The molecule has 2 atom stereocenters. The molecule has 0 saturated heterocycles. The first-order chi connectivity index (χ1) is 10.4. The third-order valence-corrected chi connectivity index (χ3v) is 5.61. The van der Waals surface area contributed by atoms with Crippen LogP contribution in [0.3, 0.4) is 0 Å². The average molecular weight is 312 g/mol. The largest absolute Gasteiger partial charge is 0.316 e. The summed E-state index contributed by atoms with van der Waals surface area (Å²) in [6, 6.07) is 0. The topological polar surface area (TPSA) is 12.0 Å². The van der Waals surface area contributed by atoms with Crippen molar-refractivity contribution < 1.29 is 0 Å². The molecule has 134 valence electrons. The van der Waals surface area contributed by atoms with Crippen LogP contribution in [0.2, 0.25) is 0 Å². The zero-order valence-electron chi connectivity index (χ0n) is 16.8. The molecule has 0 aromatic heterocycles. The molecule has 0 aliphatic carbocycles. The fourth-order valence-corrected chi connectivity index (χ4v) is 3.84. The van der Waals surface area contributed by atoms with Crippen molar-refractivity contribution in [3.05, 3.63) is 0 Å². The van der Waals surface area contributed by atoms with Crippen LogP contribution in [0.15, 0.2) is 0 Å². The first kappa shape index (κ1) is 22.0. The molecule has 0 aliphatic rings. The van der Waals surface area contributed by atoms with E-state index in [-0.39, 0.29) is 0 Å². The highest BCUT2D eigenvalue weighted by Gasteiger charge is 2.17. The predicted octanol–water partition coefficient (Wildman–Crippen LogP) is 6.53. The fourth-order valence-electron chi connectivity index (χ4n) is 3.84. The minimum Gasteiger partial charge on any atom is -0.316 e. The van der Waals surface area contributed by atoms with E-state index in [0.717, 1.165) is 29.6 Å². The Morgan fingerprint density at radius 1 is 0.773 bits per heavy atom. The predicted molar refractivity (Wildman–Crippen MR) is 102 cm³/mol. The van der Waals surface area contributed by atoms with Crippen molar-refractivity contribution in [3.63, 3.8) is 0 Å². The van der Waals surface area contributed by atoms with Crippen LogP contribution in [0, 0.1) is 29.6 Å². The lowest BCUT2D eigenvalue weighted by Gasteiger charge is -2.26. The van der Waals surface area contributed by atoms with Gasteiger partial charge in [-0.3, -0.25) is 0 Å². The normalized spacial score (nSPS) is 15.0. The van der Waals surface area contributed by atoms with E-state index in [1.54, 1.807) is 0 Å². The summed E-state index contributed by atoms with van der Waals surface area (Å²) in [4.78, 5) is 0. The zero-order valence-corrected chi connectivity index (χ0v) is 16.8. The van der Waals surface area contributed by atoms with E-state index in [4.69, 9.17) is 0 Å². The van der Waals surface area contributed by atoms with E-state index in [9.17, 15) is 0 Å². The van der Waals surface area contributed by atoms with Crippen LogP contribution in [0.25, 0.3) is 0 Å². The van der Waals surface area contributed by atoms with Gasteiger partial charge in [0, 0.05) is 0 Å². The Morgan fingerprint density at radius 3 is 1.91 bits per heavy atom. The molecule has 0 rings (SSSR count). The fraction of sp³-hybridized carbons (Fsp3) is 1.00. The van der Waals surface area contributed by atoms with Crippen molar-refractivity contribution in [2.75, 3.05) is 13.1 Å². The van der Waals surface area contributed by atoms with Gasteiger partial charge in [0.25, 0.3) is 0 Å². The maximum Gasteiger partial charge on any atom is -0.00156 e. The molecule has 0 aromatic carbocycles. The molecule has 0 spiro atoms. The third kappa shape index (κ3) is 9.87. The molecule has 22 heavy (non-hydrogen) atoms. The van der Waals surface area contributed by atoms with Crippen LogP contribution in [0.1, 0.15) is 93.4 Å². The Kier molecular flexibility index (Phi) is 13.4. The van der Waals surface area contributed by atoms with Gasteiger partial charge in [-0.05, 0) is 55.5 Å². The summed E-state index contributed by atoms with van der Waals surface area (Å²) >= 11 is 0. The van der Waals surface area contributed by atoms with Crippen molar-refractivity contribution in [1.29, 1.82) is 0 Å². The highest BCUT2D eigenvalue weighted by Crippen LogP contribution is 2.26. The zero-order chi connectivity index (χ0) is 17.0. The molecule has 0 saturated carbocycles. The first-order valence-electron chi connectivity index (χ1n) is 10.1. The molecule has 1 N–H and O–H groups in total. The summed E-state index contributed by atoms with van der Waals surface area (Å²) in [6.45, 7) is 19.0. The maximum atomic E-state index is 3.71. The van der Waals surface area contributed by atoms with Crippen LogP contribution in [0.4, 0.5) is 0 Å². The van der Waals surface area contributed by atoms with Gasteiger partial charge in [0.05, 0.1) is 0 Å². The van der Waals surface area contributed by atoms with E-state index in [1.807, 2.05) is 0 Å². The van der Waals surface area contributed by atoms with E-state index in [0.29, 0.717) is 0 Å². The molecular weight excluding hydrogens is 266 g/mol. The standard InChI is InChI=1S/C21H45N/c1-8-10-11-14-20(9-2)19(7)13-12-15-22-16-21(17(3)4)18(5)6/h17-22H,8-16H2,1-7H3. The Labute approximate surface area is 142 Å². The number of hydrogen-bond acceptors (Lipinski definition) is 1. The van der Waals surface area contributed by atoms with Gasteiger partial charge >= 0.3 is 0 Å². The van der Waals surface area contributed by atoms with Gasteiger partial charge in [0.15, 0.2) is 0 Å². The summed E-state index contributed by atoms with van der Waals surface area (Å²) in [5.74, 6) is 4.24. The van der Waals surface area contributed by atoms with Gasteiger partial charge in [-0.15, -0.1) is 0 Å². The van der Waals surface area contributed by atoms with Gasteiger partial charge in [0.2, 0.25) is 0 Å². The molecule has 2 unspecified atom stereocenters. The van der Waals surface area contributed by atoms with Crippen molar-refractivity contribution in [1.82, 2.24) is 5.32 Å². The SMILES string of the molecule is CCCCCC(CC)C(C)CCCNCC(C(C)C)C(C)C. The first-order valence-corrected chi connectivity index (χ1v) is 10.1. The summed E-state index contributed by atoms with van der Waals surface area (Å²) in [6.07, 6.45) is 9.74. The molecule has 0 fully saturated rings. The number of unbranched alkanes of at least 4 members (excludes halogenated alkanes) is 2. The molecule has 0 heterocycles. The average Bonchev–Trinajstić information content (AvgIpc) is 2.46. The van der Waals surface area contributed by atoms with E-state index in [2.05, 4.69) is 53.8 Å². The van der Waals surface area contributed by atoms with Gasteiger partial charge in [-0.2, -0.15) is 0 Å². The third-order valence-electron chi connectivity index (χ3n) is 5.61. The second kappa shape index (κ2) is 13.4. The molecule has 0 aromatic rings. The van der Waals surface area contributed by atoms with Gasteiger partial charge in [0.1, 0.15) is 0 Å². The second-order valence-corrected chi connectivity index (χ2v) is 8.14. The van der Waals surface area contributed by atoms with Crippen LogP contribution >= 0.6 is 0 Å². The lowest BCUT2D eigenvalue weighted by molar-refractivity contribution is 0.268. The summed E-state index contributed by atoms with van der Waals surface area (Å²) < 4.78 is 0. The van der Waals surface area contributed by atoms with E-state index in [1.165, 1.54) is 58.0 Å². The van der Waals surface area contributed by atoms with Crippen molar-refractivity contribution >= 4 is 0 Å². The minimum atomic E-state index is 0.787. The van der Waals surface area contributed by atoms with E-state index < -0.39 is 0 Å². The van der Waals surface area contributed by atoms with Crippen LogP contribution < -0.4 is 5.32 Å². The highest BCUT2D eigenvalue weighted by atomic mass is 14.9. The minimum absolute atomic E-state index is 0.787. The quantitative estimate of drug-likeness (QED) is 0.360. The Balaban J connectivity index is 3.83. The lowest BCUT2D eigenvalue weighted by Crippen LogP contribution is -2.30. The second-order valence-electron chi connectivity index (χ2n) is 8.14. The van der Waals surface area contributed by atoms with Gasteiger partial charge in [-0.25, -0.2) is 0 Å². The van der Waals surface area contributed by atoms with Gasteiger partial charge < -0.3 is 5.32 Å². The van der Waals surface area contributed by atoms with Crippen molar-refractivity contribution in [3.8, 4) is 0 Å². The molecule has 0 aliphatic heterocycles. The molecule has 0 amide bonds. The van der Waals surface area contributed by atoms with Crippen molar-refractivity contribution in [2.24, 2.45) is 29.6 Å². The van der Waals surface area contributed by atoms with Gasteiger partial charge in [-0.1, -0.05) is 80.6 Å². The summed E-state index contributed by atoms with van der Waals surface area (Å²) in [5, 5.41) is 3.71. The summed E-state index contributed by atoms with van der Waals surface area (Å²) in [7, 11) is 0. The smallest absolute Gasteiger partial charge is 0.00156 e. The van der Waals surface area contributed by atoms with Crippen LogP contribution in [-0.4, -0.2) is 13.1 Å².